The van der Waals surface area contributed by atoms with Gasteiger partial charge in [0.25, 0.3) is 0 Å². The highest BCUT2D eigenvalue weighted by Gasteiger charge is 2.15. The van der Waals surface area contributed by atoms with Crippen molar-refractivity contribution in [3.05, 3.63) is 77.4 Å². The van der Waals surface area contributed by atoms with Crippen molar-refractivity contribution in [3.63, 3.8) is 0 Å². The second kappa shape index (κ2) is 9.67. The molecule has 0 saturated carbocycles. The Morgan fingerprint density at radius 3 is 2.77 bits per heavy atom. The van der Waals surface area contributed by atoms with Crippen molar-refractivity contribution in [2.75, 3.05) is 11.9 Å². The number of halogens is 1. The number of nitrogens with zero attached hydrogens (tertiary/aromatic N) is 1. The number of ether oxygens (including phenoxy) is 1. The summed E-state index contributed by atoms with van der Waals surface area (Å²) < 4.78 is 5.59. The molecule has 158 valence electrons. The number of aryl methyl sites for hydroxylation is 1. The van der Waals surface area contributed by atoms with E-state index in [2.05, 4.69) is 15.3 Å². The number of para-hydroxylation sites is 2. The number of hydrogen-bond acceptors (Lipinski definition) is 3. The van der Waals surface area contributed by atoms with Crippen LogP contribution in [-0.4, -0.2) is 22.5 Å². The first-order chi connectivity index (χ1) is 15.2. The van der Waals surface area contributed by atoms with Crippen LogP contribution < -0.4 is 10.1 Å². The molecule has 0 saturated heterocycles. The molecule has 0 bridgehead atoms. The van der Waals surface area contributed by atoms with Gasteiger partial charge in [0, 0.05) is 28.5 Å². The third kappa shape index (κ3) is 4.89. The Kier molecular flexibility index (Phi) is 6.53. The van der Waals surface area contributed by atoms with Crippen molar-refractivity contribution in [2.24, 2.45) is 0 Å². The molecule has 2 N–H and O–H groups in total. The first kappa shape index (κ1) is 20.9. The molecule has 2 heterocycles. The highest BCUT2D eigenvalue weighted by Crippen LogP contribution is 2.32. The summed E-state index contributed by atoms with van der Waals surface area (Å²) >= 11 is 6.26. The fourth-order valence-electron chi connectivity index (χ4n) is 3.70. The summed E-state index contributed by atoms with van der Waals surface area (Å²) in [5.41, 5.74) is 4.68. The topological polar surface area (TPSA) is 67.0 Å². The number of nitrogens with one attached hydrogen (secondary N) is 2. The van der Waals surface area contributed by atoms with Gasteiger partial charge < -0.3 is 15.0 Å². The van der Waals surface area contributed by atoms with E-state index in [9.17, 15) is 4.79 Å². The van der Waals surface area contributed by atoms with E-state index in [0.717, 1.165) is 34.3 Å². The number of aromatic amines is 1. The summed E-state index contributed by atoms with van der Waals surface area (Å²) in [6.45, 7) is 2.47. The van der Waals surface area contributed by atoms with Crippen molar-refractivity contribution in [2.45, 2.75) is 26.2 Å². The Hall–Kier alpha value is -3.31. The second-order valence-corrected chi connectivity index (χ2v) is 7.65. The fourth-order valence-corrected chi connectivity index (χ4v) is 3.87. The zero-order valence-corrected chi connectivity index (χ0v) is 18.1. The minimum absolute atomic E-state index is 0.0376. The van der Waals surface area contributed by atoms with Gasteiger partial charge in [0.05, 0.1) is 23.7 Å². The molecule has 0 aliphatic heterocycles. The second-order valence-electron chi connectivity index (χ2n) is 7.21. The maximum absolute atomic E-state index is 12.6. The van der Waals surface area contributed by atoms with Gasteiger partial charge in [0.15, 0.2) is 0 Å². The van der Waals surface area contributed by atoms with Gasteiger partial charge in [-0.25, -0.2) is 0 Å². The molecule has 1 amide bonds. The highest BCUT2D eigenvalue weighted by atomic mass is 35.5. The van der Waals surface area contributed by atoms with E-state index in [1.54, 1.807) is 6.20 Å². The van der Waals surface area contributed by atoms with Crippen molar-refractivity contribution in [3.8, 4) is 17.1 Å². The molecule has 0 fully saturated rings. The molecule has 0 unspecified atom stereocenters. The monoisotopic (exact) mass is 433 g/mol. The number of pyridine rings is 1. The average Bonchev–Trinajstić information content (AvgIpc) is 3.14. The fraction of sp³-hybridized carbons (Fsp3) is 0.200. The Labute approximate surface area is 186 Å². The van der Waals surface area contributed by atoms with E-state index in [0.29, 0.717) is 35.9 Å². The van der Waals surface area contributed by atoms with Crippen LogP contribution in [0.4, 0.5) is 5.69 Å². The standard InChI is InChI=1S/C25H24ClN3O2/c1-2-31-23-11-4-3-9-21(23)28-24(30)12-7-8-18-19-16-17(26)13-14-20(19)29-25(18)22-10-5-6-15-27-22/h3-6,9-11,13-16,29H,2,7-8,12H2,1H3,(H,28,30). The number of H-pyrrole nitrogens is 1. The van der Waals surface area contributed by atoms with E-state index < -0.39 is 0 Å². The van der Waals surface area contributed by atoms with Crippen LogP contribution in [-0.2, 0) is 11.2 Å². The zero-order valence-electron chi connectivity index (χ0n) is 17.3. The van der Waals surface area contributed by atoms with E-state index in [-0.39, 0.29) is 5.91 Å². The van der Waals surface area contributed by atoms with Crippen molar-refractivity contribution < 1.29 is 9.53 Å². The van der Waals surface area contributed by atoms with E-state index >= 15 is 0 Å². The van der Waals surface area contributed by atoms with Crippen LogP contribution >= 0.6 is 11.6 Å². The third-order valence-electron chi connectivity index (χ3n) is 5.08. The van der Waals surface area contributed by atoms with E-state index in [1.165, 1.54) is 0 Å². The Bertz CT molecular complexity index is 1190. The van der Waals surface area contributed by atoms with Gasteiger partial charge in [-0.1, -0.05) is 29.8 Å². The van der Waals surface area contributed by atoms with E-state index in [4.69, 9.17) is 16.3 Å². The highest BCUT2D eigenvalue weighted by molar-refractivity contribution is 6.31. The lowest BCUT2D eigenvalue weighted by atomic mass is 10.0. The first-order valence-corrected chi connectivity index (χ1v) is 10.8. The normalized spacial score (nSPS) is 10.9. The van der Waals surface area contributed by atoms with Gasteiger partial charge in [-0.3, -0.25) is 9.78 Å². The van der Waals surface area contributed by atoms with Crippen LogP contribution in [0.2, 0.25) is 5.02 Å². The van der Waals surface area contributed by atoms with Gasteiger partial charge in [-0.2, -0.15) is 0 Å². The number of hydrogen-bond donors (Lipinski definition) is 2. The van der Waals surface area contributed by atoms with Gasteiger partial charge in [-0.15, -0.1) is 0 Å². The minimum atomic E-state index is -0.0376. The minimum Gasteiger partial charge on any atom is -0.492 e. The number of anilines is 1. The van der Waals surface area contributed by atoms with Gasteiger partial charge >= 0.3 is 0 Å². The van der Waals surface area contributed by atoms with Crippen LogP contribution in [0, 0.1) is 0 Å². The lowest BCUT2D eigenvalue weighted by Crippen LogP contribution is -2.12. The molecule has 0 aliphatic rings. The van der Waals surface area contributed by atoms with Crippen LogP contribution in [0.15, 0.2) is 66.9 Å². The summed E-state index contributed by atoms with van der Waals surface area (Å²) in [5, 5.41) is 4.71. The molecule has 4 rings (SSSR count). The molecule has 0 aliphatic carbocycles. The quantitative estimate of drug-likeness (QED) is 0.345. The smallest absolute Gasteiger partial charge is 0.224 e. The number of benzene rings is 2. The SMILES string of the molecule is CCOc1ccccc1NC(=O)CCCc1c(-c2ccccn2)[nH]c2ccc(Cl)cc12. The summed E-state index contributed by atoms with van der Waals surface area (Å²) in [7, 11) is 0. The molecule has 0 atom stereocenters. The van der Waals surface area contributed by atoms with Crippen molar-refractivity contribution >= 4 is 34.1 Å². The van der Waals surface area contributed by atoms with Crippen molar-refractivity contribution in [1.29, 1.82) is 0 Å². The molecule has 2 aromatic carbocycles. The number of amides is 1. The first-order valence-electron chi connectivity index (χ1n) is 10.4. The van der Waals surface area contributed by atoms with Gasteiger partial charge in [-0.05, 0) is 67.8 Å². The van der Waals surface area contributed by atoms with E-state index in [1.807, 2.05) is 67.6 Å². The lowest BCUT2D eigenvalue weighted by Gasteiger charge is -2.11. The number of rotatable bonds is 8. The van der Waals surface area contributed by atoms with Crippen molar-refractivity contribution in [1.82, 2.24) is 9.97 Å². The molecule has 5 nitrogen and oxygen atoms in total. The largest absolute Gasteiger partial charge is 0.492 e. The molecule has 0 radical (unpaired) electrons. The predicted octanol–water partition coefficient (Wildman–Crippen LogP) is 6.24. The number of carbonyl (C=O) groups is 1. The predicted molar refractivity (Wildman–Crippen MR) is 126 cm³/mol. The summed E-state index contributed by atoms with van der Waals surface area (Å²) in [6.07, 6.45) is 3.60. The molecule has 0 spiro atoms. The summed E-state index contributed by atoms with van der Waals surface area (Å²) in [5.74, 6) is 0.645. The molecular formula is C25H24ClN3O2. The average molecular weight is 434 g/mol. The third-order valence-corrected chi connectivity index (χ3v) is 5.32. The van der Waals surface area contributed by atoms with Gasteiger partial charge in [0.1, 0.15) is 5.75 Å². The zero-order chi connectivity index (χ0) is 21.6. The van der Waals surface area contributed by atoms with Crippen LogP contribution in [0.25, 0.3) is 22.3 Å². The summed E-state index contributed by atoms with van der Waals surface area (Å²) in [4.78, 5) is 20.5. The molecule has 4 aromatic rings. The maximum atomic E-state index is 12.6. The summed E-state index contributed by atoms with van der Waals surface area (Å²) in [6, 6.07) is 19.1. The molecule has 2 aromatic heterocycles. The Balaban J connectivity index is 1.50. The molecular weight excluding hydrogens is 410 g/mol. The molecule has 31 heavy (non-hydrogen) atoms. The van der Waals surface area contributed by atoms with Crippen LogP contribution in [0.1, 0.15) is 25.3 Å². The van der Waals surface area contributed by atoms with Gasteiger partial charge in [0.2, 0.25) is 5.91 Å². The van der Waals surface area contributed by atoms with Crippen LogP contribution in [0.5, 0.6) is 5.75 Å². The van der Waals surface area contributed by atoms with Crippen LogP contribution in [0.3, 0.4) is 0 Å². The Morgan fingerprint density at radius 1 is 1.13 bits per heavy atom. The number of aromatic nitrogens is 2. The number of carbonyl (C=O) groups excluding carboxylic acids is 1. The lowest BCUT2D eigenvalue weighted by molar-refractivity contribution is -0.116. The Morgan fingerprint density at radius 2 is 1.97 bits per heavy atom. The molecule has 6 heteroatoms. The maximum Gasteiger partial charge on any atom is 0.224 e. The number of fused-ring (bicyclic) bond motifs is 1.